The Morgan fingerprint density at radius 1 is 1.34 bits per heavy atom. The lowest BCUT2D eigenvalue weighted by molar-refractivity contribution is 0.392. The minimum atomic E-state index is 0. The molecule has 8 heteroatoms. The monoisotopic (exact) mass is 507 g/mol. The van der Waals surface area contributed by atoms with E-state index in [1.54, 1.807) is 0 Å². The van der Waals surface area contributed by atoms with Gasteiger partial charge in [-0.1, -0.05) is 18.2 Å². The van der Waals surface area contributed by atoms with Crippen molar-refractivity contribution in [1.82, 2.24) is 30.4 Å². The standard InChI is InChI=1S/C21H29N7.HI/c1-3-22-21(26-17-10-11-20-25-15(2)27-28(20)14-17)23-12-6-7-16-13-24-19-9-5-4-8-18(16)19;/h4-5,8-9,13,17,24H,3,6-7,10-12,14H2,1-2H3,(H2,22,23,26);1H. The second-order valence-corrected chi connectivity index (χ2v) is 7.36. The Balaban J connectivity index is 0.00000240. The first-order valence-corrected chi connectivity index (χ1v) is 10.2. The molecule has 0 amide bonds. The normalized spacial score (nSPS) is 16.3. The maximum atomic E-state index is 4.79. The number of aromatic nitrogens is 4. The van der Waals surface area contributed by atoms with Gasteiger partial charge in [-0.25, -0.2) is 9.67 Å². The first-order valence-electron chi connectivity index (χ1n) is 10.2. The van der Waals surface area contributed by atoms with E-state index in [-0.39, 0.29) is 24.0 Å². The molecule has 0 saturated heterocycles. The molecule has 2 aromatic heterocycles. The van der Waals surface area contributed by atoms with E-state index in [0.717, 1.165) is 62.9 Å². The van der Waals surface area contributed by atoms with E-state index < -0.39 is 0 Å². The van der Waals surface area contributed by atoms with Gasteiger partial charge in [0, 0.05) is 42.7 Å². The van der Waals surface area contributed by atoms with Gasteiger partial charge in [-0.3, -0.25) is 4.99 Å². The second-order valence-electron chi connectivity index (χ2n) is 7.36. The van der Waals surface area contributed by atoms with E-state index in [9.17, 15) is 0 Å². The molecule has 1 aliphatic rings. The number of nitrogens with one attached hydrogen (secondary N) is 3. The van der Waals surface area contributed by atoms with Gasteiger partial charge in [-0.2, -0.15) is 5.10 Å². The average molecular weight is 507 g/mol. The fourth-order valence-corrected chi connectivity index (χ4v) is 3.86. The summed E-state index contributed by atoms with van der Waals surface area (Å²) in [5.41, 5.74) is 2.57. The van der Waals surface area contributed by atoms with Crippen molar-refractivity contribution in [3.8, 4) is 0 Å². The first-order chi connectivity index (χ1) is 13.7. The van der Waals surface area contributed by atoms with Crippen LogP contribution in [0.2, 0.25) is 0 Å². The van der Waals surface area contributed by atoms with Crippen LogP contribution in [0.25, 0.3) is 10.9 Å². The summed E-state index contributed by atoms with van der Waals surface area (Å²) in [6.45, 7) is 6.55. The number of hydrogen-bond acceptors (Lipinski definition) is 3. The van der Waals surface area contributed by atoms with Gasteiger partial charge in [-0.15, -0.1) is 24.0 Å². The molecule has 1 unspecified atom stereocenters. The van der Waals surface area contributed by atoms with E-state index in [2.05, 4.69) is 63.1 Å². The fraction of sp³-hybridized carbons (Fsp3) is 0.476. The molecule has 0 radical (unpaired) electrons. The van der Waals surface area contributed by atoms with Gasteiger partial charge >= 0.3 is 0 Å². The number of hydrogen-bond donors (Lipinski definition) is 3. The topological polar surface area (TPSA) is 82.9 Å². The van der Waals surface area contributed by atoms with Gasteiger partial charge in [0.1, 0.15) is 11.6 Å². The van der Waals surface area contributed by atoms with Gasteiger partial charge in [-0.05, 0) is 44.7 Å². The molecule has 1 aliphatic heterocycles. The summed E-state index contributed by atoms with van der Waals surface area (Å²) >= 11 is 0. The Morgan fingerprint density at radius 3 is 3.07 bits per heavy atom. The predicted octanol–water partition coefficient (Wildman–Crippen LogP) is 3.19. The molecule has 29 heavy (non-hydrogen) atoms. The number of nitrogens with zero attached hydrogens (tertiary/aromatic N) is 4. The van der Waals surface area contributed by atoms with Crippen LogP contribution in [0, 0.1) is 6.92 Å². The van der Waals surface area contributed by atoms with E-state index >= 15 is 0 Å². The molecule has 3 heterocycles. The van der Waals surface area contributed by atoms with Crippen molar-refractivity contribution in [2.75, 3.05) is 13.1 Å². The number of halogens is 1. The zero-order chi connectivity index (χ0) is 19.3. The Labute approximate surface area is 188 Å². The number of para-hydroxylation sites is 1. The minimum Gasteiger partial charge on any atom is -0.361 e. The third-order valence-electron chi connectivity index (χ3n) is 5.20. The number of rotatable bonds is 6. The van der Waals surface area contributed by atoms with Crippen LogP contribution in [0.1, 0.15) is 37.0 Å². The quantitative estimate of drug-likeness (QED) is 0.207. The molecule has 0 spiro atoms. The van der Waals surface area contributed by atoms with Gasteiger partial charge in [0.2, 0.25) is 0 Å². The van der Waals surface area contributed by atoms with E-state index in [4.69, 9.17) is 4.99 Å². The largest absolute Gasteiger partial charge is 0.361 e. The third kappa shape index (κ3) is 5.29. The van der Waals surface area contributed by atoms with Crippen LogP contribution in [-0.4, -0.2) is 44.8 Å². The third-order valence-corrected chi connectivity index (χ3v) is 5.20. The van der Waals surface area contributed by atoms with Gasteiger partial charge in [0.05, 0.1) is 6.54 Å². The smallest absolute Gasteiger partial charge is 0.191 e. The number of aliphatic imine (C=N–C) groups is 1. The first kappa shape index (κ1) is 21.6. The fourth-order valence-electron chi connectivity index (χ4n) is 3.86. The van der Waals surface area contributed by atoms with Gasteiger partial charge in [0.15, 0.2) is 5.96 Å². The summed E-state index contributed by atoms with van der Waals surface area (Å²) in [7, 11) is 0. The van der Waals surface area contributed by atoms with Crippen LogP contribution in [0.15, 0.2) is 35.5 Å². The van der Waals surface area contributed by atoms with Crippen molar-refractivity contribution in [1.29, 1.82) is 0 Å². The highest BCUT2D eigenvalue weighted by Gasteiger charge is 2.21. The molecule has 156 valence electrons. The zero-order valence-corrected chi connectivity index (χ0v) is 19.4. The molecule has 7 nitrogen and oxygen atoms in total. The van der Waals surface area contributed by atoms with E-state index in [0.29, 0.717) is 6.04 Å². The van der Waals surface area contributed by atoms with Gasteiger partial charge in [0.25, 0.3) is 0 Å². The summed E-state index contributed by atoms with van der Waals surface area (Å²) in [6, 6.07) is 8.79. The van der Waals surface area contributed by atoms with Crippen molar-refractivity contribution >= 4 is 40.8 Å². The molecular formula is C21H30IN7. The summed E-state index contributed by atoms with van der Waals surface area (Å²) < 4.78 is 2.02. The highest BCUT2D eigenvalue weighted by molar-refractivity contribution is 14.0. The molecule has 0 saturated carbocycles. The molecular weight excluding hydrogens is 477 g/mol. The summed E-state index contributed by atoms with van der Waals surface area (Å²) in [5.74, 6) is 2.84. The molecule has 0 fully saturated rings. The Hall–Kier alpha value is -2.10. The molecule has 0 bridgehead atoms. The lowest BCUT2D eigenvalue weighted by Crippen LogP contribution is -2.47. The van der Waals surface area contributed by atoms with Crippen LogP contribution in [0.3, 0.4) is 0 Å². The van der Waals surface area contributed by atoms with Crippen LogP contribution in [0.4, 0.5) is 0 Å². The average Bonchev–Trinajstić information content (AvgIpc) is 3.27. The lowest BCUT2D eigenvalue weighted by atomic mass is 10.1. The van der Waals surface area contributed by atoms with Crippen LogP contribution in [0.5, 0.6) is 0 Å². The Kier molecular flexibility index (Phi) is 7.51. The van der Waals surface area contributed by atoms with Crippen LogP contribution in [-0.2, 0) is 19.4 Å². The van der Waals surface area contributed by atoms with Crippen molar-refractivity contribution in [2.45, 2.75) is 52.1 Å². The number of guanidine groups is 1. The van der Waals surface area contributed by atoms with Gasteiger partial charge < -0.3 is 15.6 Å². The Morgan fingerprint density at radius 2 is 2.21 bits per heavy atom. The maximum Gasteiger partial charge on any atom is 0.191 e. The van der Waals surface area contributed by atoms with Crippen LogP contribution < -0.4 is 10.6 Å². The van der Waals surface area contributed by atoms with E-state index in [1.165, 1.54) is 16.5 Å². The van der Waals surface area contributed by atoms with E-state index in [1.807, 2.05) is 11.6 Å². The van der Waals surface area contributed by atoms with Crippen molar-refractivity contribution in [2.24, 2.45) is 4.99 Å². The van der Waals surface area contributed by atoms with Crippen molar-refractivity contribution in [3.05, 3.63) is 47.7 Å². The summed E-state index contributed by atoms with van der Waals surface area (Å²) in [4.78, 5) is 12.6. The zero-order valence-electron chi connectivity index (χ0n) is 17.1. The van der Waals surface area contributed by atoms with Crippen molar-refractivity contribution in [3.63, 3.8) is 0 Å². The molecule has 4 rings (SSSR count). The Bertz CT molecular complexity index is 959. The molecule has 1 atom stereocenters. The summed E-state index contributed by atoms with van der Waals surface area (Å²) in [6.07, 6.45) is 6.18. The molecule has 1 aromatic carbocycles. The number of aryl methyl sites for hydroxylation is 3. The lowest BCUT2D eigenvalue weighted by Gasteiger charge is -2.25. The predicted molar refractivity (Wildman–Crippen MR) is 128 cm³/mol. The molecule has 3 N–H and O–H groups in total. The SMILES string of the molecule is CCNC(=NCCCc1c[nH]c2ccccc12)NC1CCc2nc(C)nn2C1.I. The molecule has 3 aromatic rings. The number of aromatic amines is 1. The molecule has 0 aliphatic carbocycles. The second kappa shape index (κ2) is 10.1. The number of fused-ring (bicyclic) bond motifs is 2. The number of benzene rings is 1. The van der Waals surface area contributed by atoms with Crippen molar-refractivity contribution < 1.29 is 0 Å². The number of H-pyrrole nitrogens is 1. The highest BCUT2D eigenvalue weighted by atomic mass is 127. The highest BCUT2D eigenvalue weighted by Crippen LogP contribution is 2.19. The maximum absolute atomic E-state index is 4.79. The van der Waals surface area contributed by atoms with Crippen LogP contribution >= 0.6 is 24.0 Å². The minimum absolute atomic E-state index is 0. The summed E-state index contributed by atoms with van der Waals surface area (Å²) in [5, 5.41) is 12.7.